The quantitative estimate of drug-likeness (QED) is 0.354. The van der Waals surface area contributed by atoms with Crippen LogP contribution in [0.1, 0.15) is 31.1 Å². The molecule has 1 aromatic carbocycles. The molecule has 178 valence electrons. The van der Waals surface area contributed by atoms with E-state index in [4.69, 9.17) is 9.47 Å². The highest BCUT2D eigenvalue weighted by molar-refractivity contribution is 7.18. The van der Waals surface area contributed by atoms with Gasteiger partial charge < -0.3 is 19.7 Å². The minimum atomic E-state index is -0.502. The number of esters is 1. The van der Waals surface area contributed by atoms with Crippen molar-refractivity contribution in [2.45, 2.75) is 13.3 Å². The van der Waals surface area contributed by atoms with Gasteiger partial charge in [-0.3, -0.25) is 9.59 Å². The standard InChI is InChI=1S/C25H26N2O5S2/c1-17(28)26-10-9-19-7-8-22(33-19)21(29)16-32-25(30)23-15-20(18-5-3-2-4-6-18)24(34-23)27-11-13-31-14-12-27/h2-8,15H,9-14,16H2,1H3,(H,26,28). The van der Waals surface area contributed by atoms with Crippen LogP contribution in [-0.2, 0) is 20.7 Å². The number of ketones is 1. The van der Waals surface area contributed by atoms with E-state index in [1.165, 1.54) is 29.6 Å². The van der Waals surface area contributed by atoms with Crippen molar-refractivity contribution < 1.29 is 23.9 Å². The van der Waals surface area contributed by atoms with Crippen LogP contribution in [-0.4, -0.2) is 57.1 Å². The second kappa shape index (κ2) is 11.4. The van der Waals surface area contributed by atoms with Gasteiger partial charge in [0.25, 0.3) is 0 Å². The first kappa shape index (κ1) is 24.1. The van der Waals surface area contributed by atoms with Gasteiger partial charge in [-0.1, -0.05) is 30.3 Å². The van der Waals surface area contributed by atoms with Crippen LogP contribution in [0, 0.1) is 0 Å². The van der Waals surface area contributed by atoms with Gasteiger partial charge in [-0.15, -0.1) is 22.7 Å². The van der Waals surface area contributed by atoms with E-state index in [0.717, 1.165) is 34.1 Å². The van der Waals surface area contributed by atoms with E-state index in [1.807, 2.05) is 42.5 Å². The topological polar surface area (TPSA) is 84.9 Å². The maximum absolute atomic E-state index is 12.8. The van der Waals surface area contributed by atoms with Crippen molar-refractivity contribution in [3.8, 4) is 11.1 Å². The predicted octanol–water partition coefficient (Wildman–Crippen LogP) is 4.03. The maximum Gasteiger partial charge on any atom is 0.348 e. The molecule has 1 N–H and O–H groups in total. The summed E-state index contributed by atoms with van der Waals surface area (Å²) in [5, 5.41) is 3.75. The van der Waals surface area contributed by atoms with Crippen molar-refractivity contribution >= 4 is 45.3 Å². The highest BCUT2D eigenvalue weighted by Crippen LogP contribution is 2.39. The normalized spacial score (nSPS) is 13.5. The molecule has 0 atom stereocenters. The van der Waals surface area contributed by atoms with E-state index >= 15 is 0 Å². The molecule has 0 saturated carbocycles. The molecule has 0 spiro atoms. The number of rotatable bonds is 9. The number of carbonyl (C=O) groups is 3. The Kier molecular flexibility index (Phi) is 8.10. The van der Waals surface area contributed by atoms with Crippen LogP contribution in [0.5, 0.6) is 0 Å². The van der Waals surface area contributed by atoms with E-state index in [1.54, 1.807) is 6.07 Å². The first-order valence-electron chi connectivity index (χ1n) is 11.1. The molecule has 3 aromatic rings. The summed E-state index contributed by atoms with van der Waals surface area (Å²) in [5.41, 5.74) is 2.01. The van der Waals surface area contributed by atoms with E-state index in [-0.39, 0.29) is 18.3 Å². The third-order valence-corrected chi connectivity index (χ3v) is 7.67. The molecule has 34 heavy (non-hydrogen) atoms. The monoisotopic (exact) mass is 498 g/mol. The average Bonchev–Trinajstić information content (AvgIpc) is 3.51. The number of benzene rings is 1. The van der Waals surface area contributed by atoms with Crippen LogP contribution in [0.3, 0.4) is 0 Å². The Hall–Kier alpha value is -3.01. The lowest BCUT2D eigenvalue weighted by molar-refractivity contribution is -0.118. The molecule has 2 aromatic heterocycles. The Morgan fingerprint density at radius 3 is 2.53 bits per heavy atom. The maximum atomic E-state index is 12.8. The fourth-order valence-corrected chi connectivity index (χ4v) is 5.66. The van der Waals surface area contributed by atoms with Crippen molar-refractivity contribution in [3.63, 3.8) is 0 Å². The molecule has 1 saturated heterocycles. The number of thiophene rings is 2. The van der Waals surface area contributed by atoms with Crippen LogP contribution < -0.4 is 10.2 Å². The number of hydrogen-bond donors (Lipinski definition) is 1. The van der Waals surface area contributed by atoms with Crippen molar-refractivity contribution in [2.75, 3.05) is 44.4 Å². The van der Waals surface area contributed by atoms with Gasteiger partial charge in [0, 0.05) is 37.0 Å². The van der Waals surface area contributed by atoms with Gasteiger partial charge in [0.15, 0.2) is 6.61 Å². The minimum Gasteiger partial charge on any atom is -0.453 e. The molecular weight excluding hydrogens is 472 g/mol. The Morgan fingerprint density at radius 2 is 1.79 bits per heavy atom. The lowest BCUT2D eigenvalue weighted by Gasteiger charge is -2.28. The highest BCUT2D eigenvalue weighted by Gasteiger charge is 2.23. The number of carbonyl (C=O) groups excluding carboxylic acids is 3. The first-order chi connectivity index (χ1) is 16.5. The molecular formula is C25H26N2O5S2. The van der Waals surface area contributed by atoms with E-state index < -0.39 is 5.97 Å². The summed E-state index contributed by atoms with van der Waals surface area (Å²) in [5.74, 6) is -0.824. The molecule has 0 bridgehead atoms. The van der Waals surface area contributed by atoms with Crippen LogP contribution in [0.4, 0.5) is 5.00 Å². The molecule has 0 unspecified atom stereocenters. The molecule has 9 heteroatoms. The van der Waals surface area contributed by atoms with E-state index in [2.05, 4.69) is 10.2 Å². The molecule has 1 fully saturated rings. The van der Waals surface area contributed by atoms with Gasteiger partial charge in [0.1, 0.15) is 4.88 Å². The fourth-order valence-electron chi connectivity index (χ4n) is 3.61. The second-order valence-corrected chi connectivity index (χ2v) is 9.99. The van der Waals surface area contributed by atoms with Gasteiger partial charge >= 0.3 is 5.97 Å². The average molecular weight is 499 g/mol. The SMILES string of the molecule is CC(=O)NCCc1ccc(C(=O)COC(=O)c2cc(-c3ccccc3)c(N3CCOCC3)s2)s1. The number of anilines is 1. The van der Waals surface area contributed by atoms with Crippen LogP contribution in [0.15, 0.2) is 48.5 Å². The van der Waals surface area contributed by atoms with Crippen LogP contribution in [0.2, 0.25) is 0 Å². The Bertz CT molecular complexity index is 1150. The second-order valence-electron chi connectivity index (χ2n) is 7.79. The van der Waals surface area contributed by atoms with Gasteiger partial charge in [0.2, 0.25) is 11.7 Å². The Balaban J connectivity index is 1.42. The highest BCUT2D eigenvalue weighted by atomic mass is 32.1. The first-order valence-corrected chi connectivity index (χ1v) is 12.7. The third kappa shape index (κ3) is 6.11. The molecule has 1 aliphatic rings. The zero-order valence-electron chi connectivity index (χ0n) is 18.9. The third-order valence-electron chi connectivity index (χ3n) is 5.31. The largest absolute Gasteiger partial charge is 0.453 e. The molecule has 7 nitrogen and oxygen atoms in total. The fraction of sp³-hybridized carbons (Fsp3) is 0.320. The van der Waals surface area contributed by atoms with Crippen molar-refractivity contribution in [3.05, 3.63) is 63.2 Å². The van der Waals surface area contributed by atoms with Gasteiger partial charge in [-0.05, 0) is 30.2 Å². The van der Waals surface area contributed by atoms with Crippen molar-refractivity contribution in [1.82, 2.24) is 5.32 Å². The van der Waals surface area contributed by atoms with Crippen molar-refractivity contribution in [1.29, 1.82) is 0 Å². The number of amides is 1. The number of nitrogens with one attached hydrogen (secondary N) is 1. The summed E-state index contributed by atoms with van der Waals surface area (Å²) in [4.78, 5) is 40.6. The van der Waals surface area contributed by atoms with Crippen LogP contribution in [0.25, 0.3) is 11.1 Å². The molecule has 3 heterocycles. The summed E-state index contributed by atoms with van der Waals surface area (Å²) in [6.45, 7) is 4.49. The van der Waals surface area contributed by atoms with Gasteiger partial charge in [-0.2, -0.15) is 0 Å². The lowest BCUT2D eigenvalue weighted by atomic mass is 10.1. The lowest BCUT2D eigenvalue weighted by Crippen LogP contribution is -2.35. The molecule has 0 radical (unpaired) electrons. The number of morpholine rings is 1. The zero-order chi connectivity index (χ0) is 23.9. The van der Waals surface area contributed by atoms with Gasteiger partial charge in [-0.25, -0.2) is 4.79 Å². The summed E-state index contributed by atoms with van der Waals surface area (Å²) >= 11 is 2.74. The van der Waals surface area contributed by atoms with Crippen LogP contribution >= 0.6 is 22.7 Å². The van der Waals surface area contributed by atoms with Gasteiger partial charge in [0.05, 0.1) is 23.1 Å². The smallest absolute Gasteiger partial charge is 0.348 e. The number of ether oxygens (including phenoxy) is 2. The summed E-state index contributed by atoms with van der Waals surface area (Å²) < 4.78 is 10.9. The zero-order valence-corrected chi connectivity index (χ0v) is 20.5. The van der Waals surface area contributed by atoms with E-state index in [9.17, 15) is 14.4 Å². The molecule has 1 amide bonds. The number of hydrogen-bond acceptors (Lipinski definition) is 8. The molecule has 1 aliphatic heterocycles. The summed E-state index contributed by atoms with van der Waals surface area (Å²) in [6, 6.07) is 15.4. The molecule has 0 aliphatic carbocycles. The number of Topliss-reactive ketones (excluding diaryl/α,β-unsaturated/α-hetero) is 1. The predicted molar refractivity (Wildman–Crippen MR) is 134 cm³/mol. The summed E-state index contributed by atoms with van der Waals surface area (Å²) in [6.07, 6.45) is 0.652. The molecule has 4 rings (SSSR count). The van der Waals surface area contributed by atoms with E-state index in [0.29, 0.717) is 35.9 Å². The Labute approximate surface area is 206 Å². The Morgan fingerprint density at radius 1 is 1.03 bits per heavy atom. The number of nitrogens with zero attached hydrogens (tertiary/aromatic N) is 1. The minimum absolute atomic E-state index is 0.0828. The van der Waals surface area contributed by atoms with Crippen molar-refractivity contribution in [2.24, 2.45) is 0 Å². The summed E-state index contributed by atoms with van der Waals surface area (Å²) in [7, 11) is 0.